The van der Waals surface area contributed by atoms with Crippen LogP contribution in [-0.2, 0) is 17.9 Å². The van der Waals surface area contributed by atoms with Crippen molar-refractivity contribution < 1.29 is 4.79 Å². The summed E-state index contributed by atoms with van der Waals surface area (Å²) >= 11 is 0. The quantitative estimate of drug-likeness (QED) is 0.607. The molecule has 3 nitrogen and oxygen atoms in total. The molecular formula is C18H30N2O. The summed E-state index contributed by atoms with van der Waals surface area (Å²) in [6, 6.07) is 8.07. The smallest absolute Gasteiger partial charge is 0.220 e. The van der Waals surface area contributed by atoms with Crippen LogP contribution in [0.15, 0.2) is 24.3 Å². The highest BCUT2D eigenvalue weighted by atomic mass is 16.1. The van der Waals surface area contributed by atoms with Gasteiger partial charge in [0.25, 0.3) is 0 Å². The molecule has 0 radical (unpaired) electrons. The first-order valence-corrected chi connectivity index (χ1v) is 8.31. The molecular weight excluding hydrogens is 260 g/mol. The van der Waals surface area contributed by atoms with Crippen molar-refractivity contribution in [1.82, 2.24) is 5.32 Å². The number of carbonyl (C=O) groups excluding carboxylic acids is 1. The molecule has 1 aromatic carbocycles. The summed E-state index contributed by atoms with van der Waals surface area (Å²) in [5, 5.41) is 2.98. The summed E-state index contributed by atoms with van der Waals surface area (Å²) in [6.45, 7) is 3.40. The zero-order valence-electron chi connectivity index (χ0n) is 13.4. The van der Waals surface area contributed by atoms with Crippen molar-refractivity contribution >= 4 is 5.91 Å². The Kier molecular flexibility index (Phi) is 9.55. The predicted octanol–water partition coefficient (Wildman–Crippen LogP) is 3.90. The van der Waals surface area contributed by atoms with Crippen LogP contribution >= 0.6 is 0 Å². The molecule has 3 N–H and O–H groups in total. The average molecular weight is 290 g/mol. The van der Waals surface area contributed by atoms with Gasteiger partial charge in [0.2, 0.25) is 5.91 Å². The first kappa shape index (κ1) is 17.7. The number of hydrogen-bond acceptors (Lipinski definition) is 2. The molecule has 1 aromatic rings. The molecule has 0 aliphatic rings. The molecule has 1 rings (SSSR count). The molecule has 0 aliphatic heterocycles. The highest BCUT2D eigenvalue weighted by molar-refractivity contribution is 5.75. The zero-order chi connectivity index (χ0) is 15.3. The van der Waals surface area contributed by atoms with Crippen LogP contribution in [0.25, 0.3) is 0 Å². The van der Waals surface area contributed by atoms with Crippen LogP contribution in [-0.4, -0.2) is 5.91 Å². The molecule has 21 heavy (non-hydrogen) atoms. The number of benzene rings is 1. The normalized spacial score (nSPS) is 10.6. The van der Waals surface area contributed by atoms with Gasteiger partial charge in [-0.25, -0.2) is 0 Å². The van der Waals surface area contributed by atoms with Gasteiger partial charge in [-0.1, -0.05) is 69.7 Å². The van der Waals surface area contributed by atoms with Crippen LogP contribution in [0.5, 0.6) is 0 Å². The van der Waals surface area contributed by atoms with Crippen LogP contribution in [0.3, 0.4) is 0 Å². The van der Waals surface area contributed by atoms with E-state index in [4.69, 9.17) is 5.73 Å². The second kappa shape index (κ2) is 11.3. The lowest BCUT2D eigenvalue weighted by molar-refractivity contribution is -0.121. The fraction of sp³-hybridized carbons (Fsp3) is 0.611. The van der Waals surface area contributed by atoms with Crippen molar-refractivity contribution in [2.24, 2.45) is 5.73 Å². The third kappa shape index (κ3) is 8.51. The van der Waals surface area contributed by atoms with Gasteiger partial charge < -0.3 is 11.1 Å². The van der Waals surface area contributed by atoms with E-state index in [9.17, 15) is 4.79 Å². The largest absolute Gasteiger partial charge is 0.352 e. The Morgan fingerprint density at radius 1 is 0.952 bits per heavy atom. The molecule has 0 unspecified atom stereocenters. The van der Waals surface area contributed by atoms with E-state index in [2.05, 4.69) is 12.2 Å². The predicted molar refractivity (Wildman–Crippen MR) is 88.8 cm³/mol. The Bertz CT molecular complexity index is 387. The number of carbonyl (C=O) groups is 1. The lowest BCUT2D eigenvalue weighted by atomic mass is 10.1. The second-order valence-electron chi connectivity index (χ2n) is 5.67. The molecule has 0 atom stereocenters. The van der Waals surface area contributed by atoms with E-state index in [1.54, 1.807) is 0 Å². The third-order valence-corrected chi connectivity index (χ3v) is 3.76. The van der Waals surface area contributed by atoms with Crippen LogP contribution in [0, 0.1) is 0 Å². The van der Waals surface area contributed by atoms with E-state index in [1.165, 1.54) is 38.5 Å². The molecule has 118 valence electrons. The van der Waals surface area contributed by atoms with Gasteiger partial charge in [0.15, 0.2) is 0 Å². The molecule has 0 aliphatic carbocycles. The maximum Gasteiger partial charge on any atom is 0.220 e. The van der Waals surface area contributed by atoms with Crippen molar-refractivity contribution in [3.8, 4) is 0 Å². The highest BCUT2D eigenvalue weighted by Gasteiger charge is 2.01. The van der Waals surface area contributed by atoms with E-state index in [0.717, 1.165) is 17.5 Å². The molecule has 0 fully saturated rings. The number of nitrogens with two attached hydrogens (primary N) is 1. The maximum atomic E-state index is 11.7. The van der Waals surface area contributed by atoms with E-state index in [-0.39, 0.29) is 5.91 Å². The third-order valence-electron chi connectivity index (χ3n) is 3.76. The molecule has 0 saturated carbocycles. The van der Waals surface area contributed by atoms with Crippen LogP contribution in [0.2, 0.25) is 0 Å². The van der Waals surface area contributed by atoms with E-state index in [0.29, 0.717) is 19.5 Å². The SMILES string of the molecule is CCCCCCCCCC(=O)NCc1ccc(CN)cc1. The Morgan fingerprint density at radius 3 is 2.14 bits per heavy atom. The van der Waals surface area contributed by atoms with Crippen LogP contribution in [0.4, 0.5) is 0 Å². The summed E-state index contributed by atoms with van der Waals surface area (Å²) in [4.78, 5) is 11.7. The summed E-state index contributed by atoms with van der Waals surface area (Å²) < 4.78 is 0. The van der Waals surface area contributed by atoms with E-state index < -0.39 is 0 Å². The molecule has 3 heteroatoms. The number of unbranched alkanes of at least 4 members (excludes halogenated alkanes) is 6. The van der Waals surface area contributed by atoms with Crippen LogP contribution in [0.1, 0.15) is 69.4 Å². The number of hydrogen-bond donors (Lipinski definition) is 2. The second-order valence-corrected chi connectivity index (χ2v) is 5.67. The summed E-state index contributed by atoms with van der Waals surface area (Å²) in [5.41, 5.74) is 7.80. The topological polar surface area (TPSA) is 55.1 Å². The standard InChI is InChI=1S/C18H30N2O/c1-2-3-4-5-6-7-8-9-18(21)20-15-17-12-10-16(14-19)11-13-17/h10-13H,2-9,14-15,19H2,1H3,(H,20,21). The molecule has 0 aromatic heterocycles. The first-order valence-electron chi connectivity index (χ1n) is 8.31. The molecule has 0 saturated heterocycles. The van der Waals surface area contributed by atoms with Crippen LogP contribution < -0.4 is 11.1 Å². The van der Waals surface area contributed by atoms with Crippen molar-refractivity contribution in [1.29, 1.82) is 0 Å². The molecule has 0 heterocycles. The molecule has 0 bridgehead atoms. The summed E-state index contributed by atoms with van der Waals surface area (Å²) in [6.07, 6.45) is 9.34. The van der Waals surface area contributed by atoms with Gasteiger partial charge in [0, 0.05) is 19.5 Å². The van der Waals surface area contributed by atoms with Gasteiger partial charge in [-0.15, -0.1) is 0 Å². The number of nitrogens with one attached hydrogen (secondary N) is 1. The zero-order valence-corrected chi connectivity index (χ0v) is 13.4. The van der Waals surface area contributed by atoms with E-state index in [1.807, 2.05) is 24.3 Å². The fourth-order valence-corrected chi connectivity index (χ4v) is 2.32. The van der Waals surface area contributed by atoms with Crippen molar-refractivity contribution in [2.45, 2.75) is 71.4 Å². The maximum absolute atomic E-state index is 11.7. The summed E-state index contributed by atoms with van der Waals surface area (Å²) in [5.74, 6) is 0.159. The van der Waals surface area contributed by atoms with E-state index >= 15 is 0 Å². The Balaban J connectivity index is 2.05. The van der Waals surface area contributed by atoms with Gasteiger partial charge in [-0.2, -0.15) is 0 Å². The Hall–Kier alpha value is -1.35. The van der Waals surface area contributed by atoms with Crippen molar-refractivity contribution in [3.63, 3.8) is 0 Å². The molecule has 0 spiro atoms. The lowest BCUT2D eigenvalue weighted by Gasteiger charge is -2.06. The number of amides is 1. The van der Waals surface area contributed by atoms with Crippen molar-refractivity contribution in [3.05, 3.63) is 35.4 Å². The van der Waals surface area contributed by atoms with Gasteiger partial charge in [0.1, 0.15) is 0 Å². The monoisotopic (exact) mass is 290 g/mol. The minimum absolute atomic E-state index is 0.159. The minimum atomic E-state index is 0.159. The lowest BCUT2D eigenvalue weighted by Crippen LogP contribution is -2.22. The Morgan fingerprint density at radius 2 is 1.52 bits per heavy atom. The molecule has 1 amide bonds. The number of rotatable bonds is 11. The minimum Gasteiger partial charge on any atom is -0.352 e. The fourth-order valence-electron chi connectivity index (χ4n) is 2.32. The van der Waals surface area contributed by atoms with Gasteiger partial charge in [-0.05, 0) is 17.5 Å². The first-order chi connectivity index (χ1) is 10.3. The Labute approximate surface area is 129 Å². The summed E-state index contributed by atoms with van der Waals surface area (Å²) in [7, 11) is 0. The van der Waals surface area contributed by atoms with Gasteiger partial charge in [0.05, 0.1) is 0 Å². The van der Waals surface area contributed by atoms with Gasteiger partial charge >= 0.3 is 0 Å². The highest BCUT2D eigenvalue weighted by Crippen LogP contribution is 2.08. The average Bonchev–Trinajstić information content (AvgIpc) is 2.52. The van der Waals surface area contributed by atoms with Gasteiger partial charge in [-0.3, -0.25) is 4.79 Å². The van der Waals surface area contributed by atoms with Crippen molar-refractivity contribution in [2.75, 3.05) is 0 Å².